The van der Waals surface area contributed by atoms with Gasteiger partial charge in [-0.1, -0.05) is 6.07 Å². The highest BCUT2D eigenvalue weighted by atomic mass is 35.5. The number of hydrogen-bond donors (Lipinski definition) is 1. The lowest BCUT2D eigenvalue weighted by Gasteiger charge is -2.46. The Balaban J connectivity index is 0.00000121. The van der Waals surface area contributed by atoms with Crippen LogP contribution in [0.4, 0.5) is 10.2 Å². The van der Waals surface area contributed by atoms with E-state index in [9.17, 15) is 4.39 Å². The number of halogens is 2. The van der Waals surface area contributed by atoms with E-state index in [1.807, 2.05) is 6.07 Å². The van der Waals surface area contributed by atoms with Crippen LogP contribution in [0.3, 0.4) is 0 Å². The van der Waals surface area contributed by atoms with Crippen LogP contribution in [0.1, 0.15) is 6.42 Å². The molecular formula is C14H16ClFN4. The molecule has 1 aromatic carbocycles. The Bertz CT molecular complexity index is 636. The largest absolute Gasteiger partial charge is 0.354 e. The van der Waals surface area contributed by atoms with Crippen molar-refractivity contribution in [2.75, 3.05) is 24.5 Å². The van der Waals surface area contributed by atoms with E-state index in [0.29, 0.717) is 17.1 Å². The average molecular weight is 295 g/mol. The Kier molecular flexibility index (Phi) is 3.48. The van der Waals surface area contributed by atoms with Crippen molar-refractivity contribution < 1.29 is 4.39 Å². The zero-order valence-electron chi connectivity index (χ0n) is 10.9. The van der Waals surface area contributed by atoms with Crippen LogP contribution in [0.25, 0.3) is 11.0 Å². The van der Waals surface area contributed by atoms with Gasteiger partial charge in [-0.25, -0.2) is 14.4 Å². The van der Waals surface area contributed by atoms with E-state index in [1.54, 1.807) is 12.3 Å². The van der Waals surface area contributed by atoms with Gasteiger partial charge in [0.15, 0.2) is 5.82 Å². The molecule has 0 unspecified atom stereocenters. The maximum absolute atomic E-state index is 13.6. The van der Waals surface area contributed by atoms with Gasteiger partial charge in [0.25, 0.3) is 0 Å². The van der Waals surface area contributed by atoms with Crippen molar-refractivity contribution in [3.05, 3.63) is 30.2 Å². The Labute approximate surface area is 122 Å². The molecule has 2 atom stereocenters. The van der Waals surface area contributed by atoms with E-state index in [-0.39, 0.29) is 18.2 Å². The predicted molar refractivity (Wildman–Crippen MR) is 78.9 cm³/mol. The molecule has 2 aromatic rings. The SMILES string of the molecule is Cl.Fc1cccc2nc(N3CC[C@@H]4CN[C@@H]4C3)cnc12. The van der Waals surface area contributed by atoms with Crippen molar-refractivity contribution in [2.24, 2.45) is 5.92 Å². The van der Waals surface area contributed by atoms with Crippen LogP contribution in [-0.4, -0.2) is 35.6 Å². The van der Waals surface area contributed by atoms with Crippen LogP contribution in [0.5, 0.6) is 0 Å². The van der Waals surface area contributed by atoms with E-state index >= 15 is 0 Å². The normalized spacial score (nSPS) is 24.8. The van der Waals surface area contributed by atoms with Gasteiger partial charge in [-0.3, -0.25) is 0 Å². The van der Waals surface area contributed by atoms with Gasteiger partial charge in [0.1, 0.15) is 11.3 Å². The van der Waals surface area contributed by atoms with Crippen molar-refractivity contribution in [1.82, 2.24) is 15.3 Å². The highest BCUT2D eigenvalue weighted by Crippen LogP contribution is 2.27. The minimum Gasteiger partial charge on any atom is -0.354 e. The summed E-state index contributed by atoms with van der Waals surface area (Å²) in [6.07, 6.45) is 2.88. The second-order valence-corrected chi connectivity index (χ2v) is 5.35. The topological polar surface area (TPSA) is 41.1 Å². The molecule has 0 radical (unpaired) electrons. The van der Waals surface area contributed by atoms with Crippen molar-refractivity contribution in [1.29, 1.82) is 0 Å². The first-order valence-corrected chi connectivity index (χ1v) is 6.71. The van der Waals surface area contributed by atoms with E-state index in [2.05, 4.69) is 20.2 Å². The maximum Gasteiger partial charge on any atom is 0.151 e. The number of benzene rings is 1. The number of para-hydroxylation sites is 1. The average Bonchev–Trinajstić information content (AvgIpc) is 2.40. The Morgan fingerprint density at radius 3 is 3.00 bits per heavy atom. The third-order valence-electron chi connectivity index (χ3n) is 4.23. The van der Waals surface area contributed by atoms with Gasteiger partial charge in [0, 0.05) is 19.1 Å². The Hall–Kier alpha value is -1.46. The van der Waals surface area contributed by atoms with Gasteiger partial charge in [-0.05, 0) is 31.0 Å². The molecule has 2 aliphatic heterocycles. The summed E-state index contributed by atoms with van der Waals surface area (Å²) in [4.78, 5) is 11.0. The van der Waals surface area contributed by atoms with Crippen LogP contribution < -0.4 is 10.2 Å². The smallest absolute Gasteiger partial charge is 0.151 e. The van der Waals surface area contributed by atoms with E-state index in [0.717, 1.165) is 31.4 Å². The molecule has 0 aliphatic carbocycles. The third kappa shape index (κ3) is 2.11. The molecule has 0 bridgehead atoms. The number of nitrogens with one attached hydrogen (secondary N) is 1. The van der Waals surface area contributed by atoms with Crippen molar-refractivity contribution >= 4 is 29.3 Å². The van der Waals surface area contributed by atoms with E-state index < -0.39 is 0 Å². The van der Waals surface area contributed by atoms with Crippen LogP contribution in [0, 0.1) is 11.7 Å². The number of fused-ring (bicyclic) bond motifs is 2. The number of anilines is 1. The number of rotatable bonds is 1. The van der Waals surface area contributed by atoms with E-state index in [4.69, 9.17) is 0 Å². The molecular weight excluding hydrogens is 279 g/mol. The second-order valence-electron chi connectivity index (χ2n) is 5.35. The highest BCUT2D eigenvalue weighted by Gasteiger charge is 2.35. The van der Waals surface area contributed by atoms with Gasteiger partial charge in [-0.2, -0.15) is 0 Å². The third-order valence-corrected chi connectivity index (χ3v) is 4.23. The lowest BCUT2D eigenvalue weighted by Crippen LogP contribution is -2.62. The summed E-state index contributed by atoms with van der Waals surface area (Å²) in [5.74, 6) is 1.36. The van der Waals surface area contributed by atoms with Gasteiger partial charge >= 0.3 is 0 Å². The molecule has 1 N–H and O–H groups in total. The van der Waals surface area contributed by atoms with Crippen LogP contribution in [-0.2, 0) is 0 Å². The molecule has 0 spiro atoms. The fraction of sp³-hybridized carbons (Fsp3) is 0.429. The molecule has 2 aliphatic rings. The van der Waals surface area contributed by atoms with Gasteiger partial charge in [0.05, 0.1) is 11.7 Å². The number of hydrogen-bond acceptors (Lipinski definition) is 4. The molecule has 0 saturated carbocycles. The first-order valence-electron chi connectivity index (χ1n) is 6.71. The first kappa shape index (κ1) is 13.5. The predicted octanol–water partition coefficient (Wildman–Crippen LogP) is 1.99. The summed E-state index contributed by atoms with van der Waals surface area (Å²) in [6, 6.07) is 5.48. The molecule has 20 heavy (non-hydrogen) atoms. The lowest BCUT2D eigenvalue weighted by atomic mass is 9.85. The fourth-order valence-corrected chi connectivity index (χ4v) is 2.98. The number of aromatic nitrogens is 2. The van der Waals surface area contributed by atoms with Gasteiger partial charge < -0.3 is 10.2 Å². The Morgan fingerprint density at radius 1 is 1.35 bits per heavy atom. The second kappa shape index (κ2) is 5.14. The monoisotopic (exact) mass is 294 g/mol. The quantitative estimate of drug-likeness (QED) is 0.873. The lowest BCUT2D eigenvalue weighted by molar-refractivity contribution is 0.196. The summed E-state index contributed by atoms with van der Waals surface area (Å²) in [5.41, 5.74) is 0.976. The fourth-order valence-electron chi connectivity index (χ4n) is 2.98. The molecule has 6 heteroatoms. The molecule has 3 heterocycles. The molecule has 1 aromatic heterocycles. The molecule has 4 nitrogen and oxygen atoms in total. The first-order chi connectivity index (χ1) is 9.31. The van der Waals surface area contributed by atoms with Crippen LogP contribution in [0.2, 0.25) is 0 Å². The zero-order valence-corrected chi connectivity index (χ0v) is 11.7. The molecule has 106 valence electrons. The summed E-state index contributed by atoms with van der Waals surface area (Å²) in [5, 5.41) is 3.44. The minimum absolute atomic E-state index is 0. The van der Waals surface area contributed by atoms with Gasteiger partial charge in [0.2, 0.25) is 0 Å². The standard InChI is InChI=1S/C14H15FN4.ClH/c15-10-2-1-3-11-14(10)17-7-13(18-11)19-5-4-9-6-16-12(9)8-19;/h1-3,7,9,12,16H,4-6,8H2;1H/t9-,12-;/m1./s1. The van der Waals surface area contributed by atoms with Crippen molar-refractivity contribution in [3.63, 3.8) is 0 Å². The summed E-state index contributed by atoms with van der Waals surface area (Å²) in [7, 11) is 0. The summed E-state index contributed by atoms with van der Waals surface area (Å²) < 4.78 is 13.6. The molecule has 4 rings (SSSR count). The minimum atomic E-state index is -0.309. The van der Waals surface area contributed by atoms with Crippen molar-refractivity contribution in [3.8, 4) is 0 Å². The van der Waals surface area contributed by atoms with E-state index in [1.165, 1.54) is 12.5 Å². The summed E-state index contributed by atoms with van der Waals surface area (Å²) in [6.45, 7) is 3.13. The Morgan fingerprint density at radius 2 is 2.25 bits per heavy atom. The number of piperidine rings is 1. The molecule has 2 fully saturated rings. The van der Waals surface area contributed by atoms with Gasteiger partial charge in [-0.15, -0.1) is 12.4 Å². The number of nitrogens with zero attached hydrogens (tertiary/aromatic N) is 3. The maximum atomic E-state index is 13.6. The summed E-state index contributed by atoms with van der Waals surface area (Å²) >= 11 is 0. The van der Waals surface area contributed by atoms with Crippen molar-refractivity contribution in [2.45, 2.75) is 12.5 Å². The van der Waals surface area contributed by atoms with Crippen LogP contribution in [0.15, 0.2) is 24.4 Å². The van der Waals surface area contributed by atoms with Crippen LogP contribution >= 0.6 is 12.4 Å². The molecule has 2 saturated heterocycles. The zero-order chi connectivity index (χ0) is 12.8. The highest BCUT2D eigenvalue weighted by molar-refractivity contribution is 5.85. The molecule has 0 amide bonds.